The highest BCUT2D eigenvalue weighted by Crippen LogP contribution is 2.37. The van der Waals surface area contributed by atoms with Gasteiger partial charge in [-0.05, 0) is 36.8 Å². The smallest absolute Gasteiger partial charge is 0.258 e. The Morgan fingerprint density at radius 2 is 2.10 bits per heavy atom. The van der Waals surface area contributed by atoms with Crippen molar-refractivity contribution < 1.29 is 13.3 Å². The Morgan fingerprint density at radius 3 is 2.60 bits per heavy atom. The van der Waals surface area contributed by atoms with Crippen LogP contribution in [0.1, 0.15) is 18.9 Å². The van der Waals surface area contributed by atoms with Crippen LogP contribution < -0.4 is 4.72 Å². The lowest BCUT2D eigenvalue weighted by molar-refractivity contribution is -0.384. The summed E-state index contributed by atoms with van der Waals surface area (Å²) in [5.74, 6) is 0.880. The van der Waals surface area contributed by atoms with Crippen LogP contribution in [0.5, 0.6) is 0 Å². The first-order valence-electron chi connectivity index (χ1n) is 6.16. The molecule has 8 heteroatoms. The van der Waals surface area contributed by atoms with Gasteiger partial charge >= 0.3 is 0 Å². The molecule has 2 rings (SSSR count). The van der Waals surface area contributed by atoms with E-state index in [1.807, 2.05) is 0 Å². The minimum Gasteiger partial charge on any atom is -0.258 e. The summed E-state index contributed by atoms with van der Waals surface area (Å²) >= 11 is 5.75. The number of nitro groups is 1. The zero-order valence-corrected chi connectivity index (χ0v) is 12.7. The molecule has 1 aromatic carbocycles. The molecule has 1 aliphatic carbocycles. The Balaban J connectivity index is 2.30. The summed E-state index contributed by atoms with van der Waals surface area (Å²) in [4.78, 5) is 10.1. The van der Waals surface area contributed by atoms with E-state index in [4.69, 9.17) is 11.6 Å². The van der Waals surface area contributed by atoms with Crippen LogP contribution in [0.2, 0.25) is 5.02 Å². The minimum atomic E-state index is -3.76. The maximum atomic E-state index is 12.2. The molecule has 0 bridgehead atoms. The highest BCUT2D eigenvalue weighted by molar-refractivity contribution is 7.89. The molecule has 0 radical (unpaired) electrons. The van der Waals surface area contributed by atoms with Gasteiger partial charge in [0.25, 0.3) is 5.69 Å². The van der Waals surface area contributed by atoms with Crippen LogP contribution in [0.3, 0.4) is 0 Å². The Bertz CT molecular complexity index is 660. The SMILES string of the molecule is Cc1cc(Cl)c([N+](=O)[O-])cc1S(=O)(=O)NCC1CC1C. The monoisotopic (exact) mass is 318 g/mol. The third-order valence-corrected chi connectivity index (χ3v) is 5.41. The van der Waals surface area contributed by atoms with E-state index in [1.165, 1.54) is 6.07 Å². The Hall–Kier alpha value is -1.18. The molecule has 0 spiro atoms. The number of nitro benzene ring substituents is 1. The van der Waals surface area contributed by atoms with Gasteiger partial charge in [-0.3, -0.25) is 10.1 Å². The lowest BCUT2D eigenvalue weighted by Crippen LogP contribution is -2.27. The predicted octanol–water partition coefficient (Wildman–Crippen LogP) is 2.49. The number of rotatable bonds is 5. The second-order valence-electron chi connectivity index (χ2n) is 5.15. The van der Waals surface area contributed by atoms with Crippen LogP contribution in [0.25, 0.3) is 0 Å². The first kappa shape index (κ1) is 15.2. The Labute approximate surface area is 122 Å². The third kappa shape index (κ3) is 3.11. The molecule has 0 aromatic heterocycles. The minimum absolute atomic E-state index is 0.0673. The van der Waals surface area contributed by atoms with E-state index in [9.17, 15) is 18.5 Å². The fourth-order valence-electron chi connectivity index (χ4n) is 2.05. The topological polar surface area (TPSA) is 89.3 Å². The van der Waals surface area contributed by atoms with E-state index >= 15 is 0 Å². The van der Waals surface area contributed by atoms with E-state index in [2.05, 4.69) is 11.6 Å². The van der Waals surface area contributed by atoms with Crippen molar-refractivity contribution in [3.63, 3.8) is 0 Å². The second kappa shape index (κ2) is 5.31. The van der Waals surface area contributed by atoms with Crippen molar-refractivity contribution in [1.29, 1.82) is 0 Å². The van der Waals surface area contributed by atoms with Crippen molar-refractivity contribution in [2.24, 2.45) is 11.8 Å². The van der Waals surface area contributed by atoms with Gasteiger partial charge in [0.15, 0.2) is 0 Å². The fourth-order valence-corrected chi connectivity index (χ4v) is 3.68. The average molecular weight is 319 g/mol. The van der Waals surface area contributed by atoms with Crippen LogP contribution in [-0.2, 0) is 10.0 Å². The predicted molar refractivity (Wildman–Crippen MR) is 75.3 cm³/mol. The molecule has 6 nitrogen and oxygen atoms in total. The highest BCUT2D eigenvalue weighted by atomic mass is 35.5. The molecule has 1 aliphatic rings. The van der Waals surface area contributed by atoms with Gasteiger partial charge in [0.1, 0.15) is 5.02 Å². The van der Waals surface area contributed by atoms with E-state index in [-0.39, 0.29) is 9.92 Å². The van der Waals surface area contributed by atoms with Crippen molar-refractivity contribution in [1.82, 2.24) is 4.72 Å². The fraction of sp³-hybridized carbons (Fsp3) is 0.500. The standard InChI is InChI=1S/C12H15ClN2O4S/c1-7-3-9(7)6-14-20(18,19)12-5-11(15(16)17)10(13)4-8(12)2/h4-5,7,9,14H,3,6H2,1-2H3. The molecule has 2 atom stereocenters. The van der Waals surface area contributed by atoms with Gasteiger partial charge in [0.05, 0.1) is 9.82 Å². The summed E-state index contributed by atoms with van der Waals surface area (Å²) < 4.78 is 26.9. The van der Waals surface area contributed by atoms with Gasteiger partial charge in [0, 0.05) is 12.6 Å². The molecule has 2 unspecified atom stereocenters. The zero-order chi connectivity index (χ0) is 15.1. The average Bonchev–Trinajstić information content (AvgIpc) is 3.02. The van der Waals surface area contributed by atoms with Crippen LogP contribution in [-0.4, -0.2) is 19.9 Å². The molecule has 0 heterocycles. The molecular weight excluding hydrogens is 304 g/mol. The van der Waals surface area contributed by atoms with Gasteiger partial charge in [-0.2, -0.15) is 0 Å². The number of halogens is 1. The highest BCUT2D eigenvalue weighted by Gasteiger charge is 2.34. The molecule has 20 heavy (non-hydrogen) atoms. The van der Waals surface area contributed by atoms with Crippen LogP contribution in [0, 0.1) is 28.9 Å². The number of nitrogens with one attached hydrogen (secondary N) is 1. The van der Waals surface area contributed by atoms with Gasteiger partial charge in [-0.15, -0.1) is 0 Å². The number of benzene rings is 1. The molecule has 0 saturated heterocycles. The molecular formula is C12H15ClN2O4S. The largest absolute Gasteiger partial charge is 0.289 e. The summed E-state index contributed by atoms with van der Waals surface area (Å²) in [6.07, 6.45) is 1.00. The summed E-state index contributed by atoms with van der Waals surface area (Å²) in [5, 5.41) is 10.8. The molecule has 1 N–H and O–H groups in total. The lowest BCUT2D eigenvalue weighted by atomic mass is 10.2. The quantitative estimate of drug-likeness (QED) is 0.667. The summed E-state index contributed by atoms with van der Waals surface area (Å²) in [5.41, 5.74) is -0.0191. The third-order valence-electron chi connectivity index (χ3n) is 3.54. The van der Waals surface area contributed by atoms with Gasteiger partial charge in [-0.25, -0.2) is 13.1 Å². The molecule has 0 amide bonds. The maximum absolute atomic E-state index is 12.2. The summed E-state index contributed by atoms with van der Waals surface area (Å²) in [7, 11) is -3.76. The van der Waals surface area contributed by atoms with Gasteiger partial charge in [0.2, 0.25) is 10.0 Å². The normalized spacial score (nSPS) is 21.8. The van der Waals surface area contributed by atoms with Gasteiger partial charge in [-0.1, -0.05) is 18.5 Å². The van der Waals surface area contributed by atoms with Crippen LogP contribution >= 0.6 is 11.6 Å². The van der Waals surface area contributed by atoms with E-state index in [0.29, 0.717) is 23.9 Å². The molecule has 1 saturated carbocycles. The van der Waals surface area contributed by atoms with E-state index in [1.54, 1.807) is 6.92 Å². The zero-order valence-electron chi connectivity index (χ0n) is 11.1. The van der Waals surface area contributed by atoms with Crippen LogP contribution in [0.15, 0.2) is 17.0 Å². The first-order chi connectivity index (χ1) is 9.22. The first-order valence-corrected chi connectivity index (χ1v) is 8.02. The number of aryl methyl sites for hydroxylation is 1. The van der Waals surface area contributed by atoms with Crippen LogP contribution in [0.4, 0.5) is 5.69 Å². The van der Waals surface area contributed by atoms with Crippen molar-refractivity contribution in [3.8, 4) is 0 Å². The Morgan fingerprint density at radius 1 is 1.50 bits per heavy atom. The van der Waals surface area contributed by atoms with E-state index in [0.717, 1.165) is 12.5 Å². The van der Waals surface area contributed by atoms with E-state index < -0.39 is 20.6 Å². The van der Waals surface area contributed by atoms with Crippen molar-refractivity contribution in [3.05, 3.63) is 32.8 Å². The second-order valence-corrected chi connectivity index (χ2v) is 7.29. The Kier molecular flexibility index (Phi) is 4.04. The summed E-state index contributed by atoms with van der Waals surface area (Å²) in [6.45, 7) is 3.97. The number of hydrogen-bond donors (Lipinski definition) is 1. The van der Waals surface area contributed by atoms with Crippen molar-refractivity contribution in [2.75, 3.05) is 6.54 Å². The summed E-state index contributed by atoms with van der Waals surface area (Å²) in [6, 6.07) is 2.31. The molecule has 110 valence electrons. The van der Waals surface area contributed by atoms with Crippen molar-refractivity contribution >= 4 is 27.3 Å². The lowest BCUT2D eigenvalue weighted by Gasteiger charge is -2.09. The van der Waals surface area contributed by atoms with Gasteiger partial charge < -0.3 is 0 Å². The molecule has 1 fully saturated rings. The van der Waals surface area contributed by atoms with Crippen molar-refractivity contribution in [2.45, 2.75) is 25.2 Å². The molecule has 0 aliphatic heterocycles. The number of sulfonamides is 1. The number of hydrogen-bond acceptors (Lipinski definition) is 4. The molecule has 1 aromatic rings. The number of nitrogens with zero attached hydrogens (tertiary/aromatic N) is 1. The maximum Gasteiger partial charge on any atom is 0.289 e.